The third kappa shape index (κ3) is 2.88. The zero-order chi connectivity index (χ0) is 10.7. The fourth-order valence-electron chi connectivity index (χ4n) is 3.22. The summed E-state index contributed by atoms with van der Waals surface area (Å²) in [6.45, 7) is 3.17. The predicted molar refractivity (Wildman–Crippen MR) is 64.4 cm³/mol. The lowest BCUT2D eigenvalue weighted by Gasteiger charge is -2.44. The van der Waals surface area contributed by atoms with Crippen molar-refractivity contribution in [2.24, 2.45) is 5.92 Å². The van der Waals surface area contributed by atoms with Crippen LogP contribution >= 0.6 is 11.6 Å². The van der Waals surface area contributed by atoms with Gasteiger partial charge in [-0.25, -0.2) is 0 Å². The number of halogens is 1. The summed E-state index contributed by atoms with van der Waals surface area (Å²) in [6, 6.07) is 0. The second-order valence-electron chi connectivity index (χ2n) is 5.35. The van der Waals surface area contributed by atoms with E-state index in [0.29, 0.717) is 5.38 Å². The lowest BCUT2D eigenvalue weighted by atomic mass is 9.74. The zero-order valence-corrected chi connectivity index (χ0v) is 10.6. The first-order valence-electron chi connectivity index (χ1n) is 6.52. The zero-order valence-electron chi connectivity index (χ0n) is 9.80. The van der Waals surface area contributed by atoms with Crippen LogP contribution in [-0.4, -0.2) is 17.6 Å². The lowest BCUT2D eigenvalue weighted by Crippen LogP contribution is -2.43. The standard InChI is InChI=1S/C13H23ClO/c1-2-3-11-4-7-13(8-5-11)10-12(14)6-9-15-13/h11-12H,2-10H2,1H3. The maximum absolute atomic E-state index is 6.26. The minimum atomic E-state index is 0.176. The molecule has 1 unspecified atom stereocenters. The van der Waals surface area contributed by atoms with Gasteiger partial charge in [0.25, 0.3) is 0 Å². The summed E-state index contributed by atoms with van der Waals surface area (Å²) in [6.07, 6.45) is 10.1. The highest BCUT2D eigenvalue weighted by molar-refractivity contribution is 6.20. The molecule has 0 radical (unpaired) electrons. The van der Waals surface area contributed by atoms with Crippen LogP contribution < -0.4 is 0 Å². The van der Waals surface area contributed by atoms with Crippen molar-refractivity contribution in [2.75, 3.05) is 6.61 Å². The van der Waals surface area contributed by atoms with E-state index in [1.54, 1.807) is 0 Å². The van der Waals surface area contributed by atoms with E-state index in [2.05, 4.69) is 6.92 Å². The molecular formula is C13H23ClO. The maximum atomic E-state index is 6.26. The Bertz CT molecular complexity index is 197. The predicted octanol–water partition coefficient (Wildman–Crippen LogP) is 4.13. The van der Waals surface area contributed by atoms with Gasteiger partial charge in [0.1, 0.15) is 0 Å². The quantitative estimate of drug-likeness (QED) is 0.648. The monoisotopic (exact) mass is 230 g/mol. The van der Waals surface area contributed by atoms with Gasteiger partial charge in [0, 0.05) is 12.0 Å². The second-order valence-corrected chi connectivity index (χ2v) is 5.97. The molecule has 0 aromatic heterocycles. The van der Waals surface area contributed by atoms with Gasteiger partial charge in [0.05, 0.1) is 5.60 Å². The molecule has 1 spiro atoms. The summed E-state index contributed by atoms with van der Waals surface area (Å²) in [5.41, 5.74) is 0.176. The van der Waals surface area contributed by atoms with Crippen molar-refractivity contribution >= 4 is 11.6 Å². The highest BCUT2D eigenvalue weighted by atomic mass is 35.5. The van der Waals surface area contributed by atoms with Crippen molar-refractivity contribution in [3.05, 3.63) is 0 Å². The summed E-state index contributed by atoms with van der Waals surface area (Å²) in [5.74, 6) is 0.958. The average molecular weight is 231 g/mol. The van der Waals surface area contributed by atoms with Gasteiger partial charge in [-0.05, 0) is 44.4 Å². The fourth-order valence-corrected chi connectivity index (χ4v) is 3.59. The van der Waals surface area contributed by atoms with Crippen LogP contribution in [0.15, 0.2) is 0 Å². The number of hydrogen-bond acceptors (Lipinski definition) is 1. The van der Waals surface area contributed by atoms with Crippen LogP contribution in [-0.2, 0) is 4.74 Å². The Morgan fingerprint density at radius 3 is 2.60 bits per heavy atom. The molecule has 0 aromatic carbocycles. The summed E-state index contributed by atoms with van der Waals surface area (Å²) in [7, 11) is 0. The average Bonchev–Trinajstić information content (AvgIpc) is 2.22. The molecule has 1 heterocycles. The number of alkyl halides is 1. The van der Waals surface area contributed by atoms with Crippen molar-refractivity contribution in [1.29, 1.82) is 0 Å². The molecule has 0 aromatic rings. The van der Waals surface area contributed by atoms with Crippen LogP contribution in [0.1, 0.15) is 58.3 Å². The molecule has 2 heteroatoms. The Hall–Kier alpha value is 0.250. The summed E-state index contributed by atoms with van der Waals surface area (Å²) in [4.78, 5) is 0. The molecule has 1 atom stereocenters. The highest BCUT2D eigenvalue weighted by Crippen LogP contribution is 2.42. The second kappa shape index (κ2) is 5.05. The minimum Gasteiger partial charge on any atom is -0.375 e. The first-order chi connectivity index (χ1) is 7.24. The molecule has 0 N–H and O–H groups in total. The molecule has 1 nitrogen and oxygen atoms in total. The maximum Gasteiger partial charge on any atom is 0.0696 e. The summed E-state index contributed by atoms with van der Waals surface area (Å²) >= 11 is 6.26. The topological polar surface area (TPSA) is 9.23 Å². The van der Waals surface area contributed by atoms with Gasteiger partial charge >= 0.3 is 0 Å². The number of hydrogen-bond donors (Lipinski definition) is 0. The lowest BCUT2D eigenvalue weighted by molar-refractivity contribution is -0.105. The van der Waals surface area contributed by atoms with Crippen LogP contribution in [0.3, 0.4) is 0 Å². The van der Waals surface area contributed by atoms with Crippen LogP contribution in [0.25, 0.3) is 0 Å². The molecule has 2 aliphatic rings. The molecular weight excluding hydrogens is 208 g/mol. The molecule has 2 rings (SSSR count). The first-order valence-corrected chi connectivity index (χ1v) is 6.96. The van der Waals surface area contributed by atoms with Gasteiger partial charge in [-0.15, -0.1) is 11.6 Å². The van der Waals surface area contributed by atoms with Crippen LogP contribution in [0.2, 0.25) is 0 Å². The number of rotatable bonds is 2. The van der Waals surface area contributed by atoms with Crippen LogP contribution in [0.5, 0.6) is 0 Å². The van der Waals surface area contributed by atoms with Crippen molar-refractivity contribution in [3.8, 4) is 0 Å². The SMILES string of the molecule is CCCC1CCC2(CC1)CC(Cl)CCO2. The molecule has 1 saturated heterocycles. The van der Waals surface area contributed by atoms with Crippen LogP contribution in [0.4, 0.5) is 0 Å². The highest BCUT2D eigenvalue weighted by Gasteiger charge is 2.39. The largest absolute Gasteiger partial charge is 0.375 e. The van der Waals surface area contributed by atoms with E-state index in [0.717, 1.165) is 25.4 Å². The van der Waals surface area contributed by atoms with E-state index in [1.807, 2.05) is 0 Å². The minimum absolute atomic E-state index is 0.176. The molecule has 1 saturated carbocycles. The molecule has 15 heavy (non-hydrogen) atoms. The fraction of sp³-hybridized carbons (Fsp3) is 1.00. The van der Waals surface area contributed by atoms with E-state index in [9.17, 15) is 0 Å². The molecule has 1 aliphatic carbocycles. The Morgan fingerprint density at radius 1 is 1.27 bits per heavy atom. The van der Waals surface area contributed by atoms with E-state index in [1.165, 1.54) is 38.5 Å². The van der Waals surface area contributed by atoms with Gasteiger partial charge in [0.15, 0.2) is 0 Å². The molecule has 2 fully saturated rings. The van der Waals surface area contributed by atoms with Gasteiger partial charge in [-0.1, -0.05) is 19.8 Å². The van der Waals surface area contributed by atoms with E-state index >= 15 is 0 Å². The Balaban J connectivity index is 1.85. The molecule has 88 valence electrons. The van der Waals surface area contributed by atoms with Crippen molar-refractivity contribution in [2.45, 2.75) is 69.3 Å². The van der Waals surface area contributed by atoms with Gasteiger partial charge < -0.3 is 4.74 Å². The van der Waals surface area contributed by atoms with Gasteiger partial charge in [-0.3, -0.25) is 0 Å². The van der Waals surface area contributed by atoms with E-state index in [4.69, 9.17) is 16.3 Å². The molecule has 0 amide bonds. The summed E-state index contributed by atoms with van der Waals surface area (Å²) in [5, 5.41) is 0.362. The van der Waals surface area contributed by atoms with E-state index < -0.39 is 0 Å². The summed E-state index contributed by atoms with van der Waals surface area (Å²) < 4.78 is 6.02. The number of ether oxygens (including phenoxy) is 1. The smallest absolute Gasteiger partial charge is 0.0696 e. The van der Waals surface area contributed by atoms with Crippen molar-refractivity contribution in [1.82, 2.24) is 0 Å². The third-order valence-corrected chi connectivity index (χ3v) is 4.52. The first kappa shape index (κ1) is 11.7. The van der Waals surface area contributed by atoms with E-state index in [-0.39, 0.29) is 5.60 Å². The Morgan fingerprint density at radius 2 is 2.00 bits per heavy atom. The van der Waals surface area contributed by atoms with Gasteiger partial charge in [-0.2, -0.15) is 0 Å². The molecule has 0 bridgehead atoms. The van der Waals surface area contributed by atoms with Crippen LogP contribution in [0, 0.1) is 5.92 Å². The Kier molecular flexibility index (Phi) is 3.95. The van der Waals surface area contributed by atoms with Gasteiger partial charge in [0.2, 0.25) is 0 Å². The van der Waals surface area contributed by atoms with Crippen molar-refractivity contribution in [3.63, 3.8) is 0 Å². The molecule has 1 aliphatic heterocycles. The Labute approximate surface area is 98.5 Å². The third-order valence-electron chi connectivity index (χ3n) is 4.15. The van der Waals surface area contributed by atoms with Crippen molar-refractivity contribution < 1.29 is 4.74 Å². The normalized spacial score (nSPS) is 42.0.